The van der Waals surface area contributed by atoms with Crippen LogP contribution < -0.4 is 9.47 Å². The second kappa shape index (κ2) is 9.74. The number of pyridine rings is 2. The molecule has 1 aliphatic heterocycles. The Morgan fingerprint density at radius 2 is 1.76 bits per heavy atom. The van der Waals surface area contributed by atoms with Gasteiger partial charge in [-0.15, -0.1) is 4.70 Å². The van der Waals surface area contributed by atoms with Crippen molar-refractivity contribution in [3.8, 4) is 22.8 Å². The summed E-state index contributed by atoms with van der Waals surface area (Å²) in [5.41, 5.74) is 6.67. The quantitative estimate of drug-likeness (QED) is 0.294. The van der Waals surface area contributed by atoms with Crippen LogP contribution in [0, 0.1) is 0 Å². The van der Waals surface area contributed by atoms with Crippen molar-refractivity contribution in [2.45, 2.75) is 26.9 Å². The predicted molar refractivity (Wildman–Crippen MR) is 128 cm³/mol. The Bertz CT molecular complexity index is 1380. The number of hydrogen-bond acceptors (Lipinski definition) is 7. The standard InChI is InChI=1S/C26H25N6O2/c1-3-20-15-24(26-22(28-20)13-14-25(29-26)33-4-2)34-16-18-9-11-19(12-10-18)21-7-5-6-8-23(21)32-17-27-30-31-32/h5-15H,3-4,16-17H2,1-2H3/q+1. The molecule has 0 atom stereocenters. The van der Waals surface area contributed by atoms with Gasteiger partial charge in [-0.2, -0.15) is 0 Å². The number of aromatic nitrogens is 2. The molecule has 0 radical (unpaired) electrons. The van der Waals surface area contributed by atoms with Gasteiger partial charge in [0.15, 0.2) is 10.9 Å². The van der Waals surface area contributed by atoms with E-state index in [2.05, 4.69) is 62.8 Å². The largest absolute Gasteiger partial charge is 0.486 e. The van der Waals surface area contributed by atoms with E-state index >= 15 is 0 Å². The van der Waals surface area contributed by atoms with E-state index in [4.69, 9.17) is 9.47 Å². The molecule has 2 aromatic heterocycles. The lowest BCUT2D eigenvalue weighted by Gasteiger charge is -2.12. The number of hydrogen-bond donors (Lipinski definition) is 0. The van der Waals surface area contributed by atoms with Crippen LogP contribution in [0.15, 0.2) is 82.3 Å². The summed E-state index contributed by atoms with van der Waals surface area (Å²) >= 11 is 0. The summed E-state index contributed by atoms with van der Waals surface area (Å²) in [4.78, 5) is 9.29. The van der Waals surface area contributed by atoms with Gasteiger partial charge < -0.3 is 9.47 Å². The predicted octanol–water partition coefficient (Wildman–Crippen LogP) is 6.27. The van der Waals surface area contributed by atoms with Crippen LogP contribution in [0.1, 0.15) is 25.1 Å². The number of rotatable bonds is 8. The van der Waals surface area contributed by atoms with E-state index in [9.17, 15) is 0 Å². The van der Waals surface area contributed by atoms with Gasteiger partial charge in [-0.1, -0.05) is 49.4 Å². The van der Waals surface area contributed by atoms with E-state index in [1.165, 1.54) is 0 Å². The van der Waals surface area contributed by atoms with Crippen LogP contribution >= 0.6 is 0 Å². The van der Waals surface area contributed by atoms with Gasteiger partial charge in [0.05, 0.1) is 12.1 Å². The van der Waals surface area contributed by atoms with Crippen molar-refractivity contribution in [1.82, 2.24) is 9.97 Å². The van der Waals surface area contributed by atoms with Crippen molar-refractivity contribution >= 4 is 16.7 Å². The van der Waals surface area contributed by atoms with Crippen molar-refractivity contribution in [2.75, 3.05) is 13.3 Å². The molecule has 0 unspecified atom stereocenters. The van der Waals surface area contributed by atoms with Gasteiger partial charge in [0.2, 0.25) is 17.8 Å². The second-order valence-corrected chi connectivity index (χ2v) is 7.78. The highest BCUT2D eigenvalue weighted by Crippen LogP contribution is 2.32. The molecule has 5 rings (SSSR count). The first-order valence-corrected chi connectivity index (χ1v) is 11.3. The Morgan fingerprint density at radius 1 is 0.912 bits per heavy atom. The van der Waals surface area contributed by atoms with Crippen LogP contribution in [0.4, 0.5) is 5.69 Å². The zero-order valence-corrected chi connectivity index (χ0v) is 19.2. The van der Waals surface area contributed by atoms with E-state index in [1.54, 1.807) is 4.70 Å². The SMILES string of the molecule is CCOc1ccc2nc(CC)cc(OCc3ccc(-c4ccccc4[N+]4=NN=NC4)cc3)c2n1. The molecule has 4 aromatic rings. The molecule has 8 nitrogen and oxygen atoms in total. The molecule has 0 aliphatic carbocycles. The molecule has 0 bridgehead atoms. The number of para-hydroxylation sites is 1. The minimum atomic E-state index is 0.421. The summed E-state index contributed by atoms with van der Waals surface area (Å²) < 4.78 is 13.6. The molecule has 3 heterocycles. The van der Waals surface area contributed by atoms with Crippen molar-refractivity contribution in [2.24, 2.45) is 15.6 Å². The van der Waals surface area contributed by atoms with Gasteiger partial charge >= 0.3 is 0 Å². The highest BCUT2D eigenvalue weighted by molar-refractivity contribution is 5.81. The van der Waals surface area contributed by atoms with E-state index < -0.39 is 0 Å². The highest BCUT2D eigenvalue weighted by atomic mass is 16.5. The van der Waals surface area contributed by atoms with Gasteiger partial charge in [-0.3, -0.25) is 4.98 Å². The molecule has 0 saturated carbocycles. The van der Waals surface area contributed by atoms with Crippen LogP contribution in [0.25, 0.3) is 22.2 Å². The Morgan fingerprint density at radius 3 is 2.53 bits per heavy atom. The summed E-state index contributed by atoms with van der Waals surface area (Å²) in [6.45, 7) is 5.42. The van der Waals surface area contributed by atoms with Gasteiger partial charge in [0.1, 0.15) is 17.9 Å². The zero-order chi connectivity index (χ0) is 23.3. The summed E-state index contributed by atoms with van der Waals surface area (Å²) in [7, 11) is 0. The molecule has 0 fully saturated rings. The van der Waals surface area contributed by atoms with Crippen LogP contribution in [-0.2, 0) is 13.0 Å². The Labute approximate surface area is 197 Å². The van der Waals surface area contributed by atoms with E-state index in [0.29, 0.717) is 37.0 Å². The zero-order valence-electron chi connectivity index (χ0n) is 19.2. The molecular formula is C26H25N6O2+. The Balaban J connectivity index is 1.38. The van der Waals surface area contributed by atoms with Gasteiger partial charge in [0, 0.05) is 23.4 Å². The second-order valence-electron chi connectivity index (χ2n) is 7.78. The molecule has 8 heteroatoms. The first-order valence-electron chi connectivity index (χ1n) is 11.3. The van der Waals surface area contributed by atoms with E-state index in [0.717, 1.165) is 40.0 Å². The van der Waals surface area contributed by atoms with Crippen molar-refractivity contribution in [1.29, 1.82) is 0 Å². The van der Waals surface area contributed by atoms with Crippen molar-refractivity contribution in [3.05, 3.63) is 78.0 Å². The van der Waals surface area contributed by atoms with Crippen molar-refractivity contribution < 1.29 is 14.2 Å². The summed E-state index contributed by atoms with van der Waals surface area (Å²) in [5.74, 6) is 1.28. The minimum Gasteiger partial charge on any atom is -0.486 e. The van der Waals surface area contributed by atoms with Gasteiger partial charge in [-0.25, -0.2) is 4.98 Å². The van der Waals surface area contributed by atoms with Crippen LogP contribution in [0.5, 0.6) is 11.6 Å². The molecule has 2 aromatic carbocycles. The third kappa shape index (κ3) is 4.47. The number of nitrogens with zero attached hydrogens (tertiary/aromatic N) is 6. The fourth-order valence-corrected chi connectivity index (χ4v) is 3.83. The summed E-state index contributed by atoms with van der Waals surface area (Å²) in [5, 5.41) is 11.8. The smallest absolute Gasteiger partial charge is 0.249 e. The molecule has 0 N–H and O–H groups in total. The molecule has 0 amide bonds. The third-order valence-corrected chi connectivity index (χ3v) is 5.55. The third-order valence-electron chi connectivity index (χ3n) is 5.55. The molecule has 0 spiro atoms. The molecular weight excluding hydrogens is 428 g/mol. The summed E-state index contributed by atoms with van der Waals surface area (Å²) in [6.07, 6.45) is 0.817. The maximum Gasteiger partial charge on any atom is 0.249 e. The average Bonchev–Trinajstić information content (AvgIpc) is 3.43. The van der Waals surface area contributed by atoms with Gasteiger partial charge in [0.25, 0.3) is 0 Å². The molecule has 34 heavy (non-hydrogen) atoms. The van der Waals surface area contributed by atoms with E-state index in [1.807, 2.05) is 43.3 Å². The normalized spacial score (nSPS) is 12.7. The molecule has 0 saturated heterocycles. The fourth-order valence-electron chi connectivity index (χ4n) is 3.83. The number of aryl methyl sites for hydroxylation is 1. The van der Waals surface area contributed by atoms with E-state index in [-0.39, 0.29) is 0 Å². The van der Waals surface area contributed by atoms with Gasteiger partial charge in [-0.05, 0) is 41.7 Å². The fraction of sp³-hybridized carbons (Fsp3) is 0.231. The van der Waals surface area contributed by atoms with Crippen LogP contribution in [0.3, 0.4) is 0 Å². The number of ether oxygens (including phenoxy) is 2. The highest BCUT2D eigenvalue weighted by Gasteiger charge is 2.18. The summed E-state index contributed by atoms with van der Waals surface area (Å²) in [6, 6.07) is 22.2. The average molecular weight is 454 g/mol. The first kappa shape index (κ1) is 21.6. The number of fused-ring (bicyclic) bond motifs is 1. The Hall–Kier alpha value is -4.20. The Kier molecular flexibility index (Phi) is 6.20. The number of benzene rings is 2. The molecule has 170 valence electrons. The maximum absolute atomic E-state index is 6.23. The molecule has 1 aliphatic rings. The van der Waals surface area contributed by atoms with Crippen LogP contribution in [0.2, 0.25) is 0 Å². The monoisotopic (exact) mass is 453 g/mol. The van der Waals surface area contributed by atoms with Crippen molar-refractivity contribution in [3.63, 3.8) is 0 Å². The lowest BCUT2D eigenvalue weighted by Crippen LogP contribution is -2.02. The maximum atomic E-state index is 6.23. The topological polar surface area (TPSA) is 84.3 Å². The first-order chi connectivity index (χ1) is 16.7. The lowest BCUT2D eigenvalue weighted by atomic mass is 10.0. The lowest BCUT2D eigenvalue weighted by molar-refractivity contribution is -0.501. The minimum absolute atomic E-state index is 0.421. The van der Waals surface area contributed by atoms with Crippen LogP contribution in [-0.4, -0.2) is 27.9 Å².